The number of fused-ring (bicyclic) bond motifs is 2. The van der Waals surface area contributed by atoms with Gasteiger partial charge in [0.25, 0.3) is 0 Å². The fraction of sp³-hybridized carbons (Fsp3) is 0.550. The average molecular weight is 378 g/mol. The lowest BCUT2D eigenvalue weighted by atomic mass is 9.84. The van der Waals surface area contributed by atoms with Gasteiger partial charge in [0, 0.05) is 12.5 Å². The van der Waals surface area contributed by atoms with E-state index in [0.29, 0.717) is 23.2 Å². The van der Waals surface area contributed by atoms with Crippen LogP contribution in [0.5, 0.6) is 0 Å². The molecule has 4 atom stereocenters. The van der Waals surface area contributed by atoms with Gasteiger partial charge in [0.15, 0.2) is 0 Å². The molecule has 0 saturated heterocycles. The van der Waals surface area contributed by atoms with E-state index in [2.05, 4.69) is 10.8 Å². The Bertz CT molecular complexity index is 787. The number of carboxylic acids is 1. The first kappa shape index (κ1) is 19.1. The van der Waals surface area contributed by atoms with E-state index in [4.69, 9.17) is 5.11 Å². The maximum absolute atomic E-state index is 12.9. The van der Waals surface area contributed by atoms with E-state index < -0.39 is 16.0 Å². The number of hydrogen-bond acceptors (Lipinski definition) is 3. The van der Waals surface area contributed by atoms with Gasteiger partial charge < -0.3 is 5.11 Å². The minimum Gasteiger partial charge on any atom is -0.481 e. The maximum Gasteiger partial charge on any atom is 0.303 e. The molecule has 2 aliphatic carbocycles. The Balaban J connectivity index is 1.70. The second-order valence-electron chi connectivity index (χ2n) is 7.54. The molecule has 1 aromatic rings. The van der Waals surface area contributed by atoms with Gasteiger partial charge in [-0.05, 0) is 68.4 Å². The highest BCUT2D eigenvalue weighted by atomic mass is 32.2. The van der Waals surface area contributed by atoms with Crippen molar-refractivity contribution in [2.24, 2.45) is 17.8 Å². The monoisotopic (exact) mass is 377 g/mol. The van der Waals surface area contributed by atoms with E-state index in [1.807, 2.05) is 25.1 Å². The van der Waals surface area contributed by atoms with Crippen LogP contribution in [0.3, 0.4) is 0 Å². The van der Waals surface area contributed by atoms with Gasteiger partial charge in [-0.1, -0.05) is 30.4 Å². The second-order valence-corrected chi connectivity index (χ2v) is 9.22. The molecule has 0 radical (unpaired) electrons. The molecule has 2 fully saturated rings. The van der Waals surface area contributed by atoms with Crippen LogP contribution in [0.4, 0.5) is 0 Å². The van der Waals surface area contributed by atoms with E-state index in [-0.39, 0.29) is 18.4 Å². The molecule has 0 aromatic heterocycles. The van der Waals surface area contributed by atoms with E-state index in [9.17, 15) is 13.2 Å². The predicted octanol–water partition coefficient (Wildman–Crippen LogP) is 3.50. The summed E-state index contributed by atoms with van der Waals surface area (Å²) >= 11 is 0. The van der Waals surface area contributed by atoms with Gasteiger partial charge in [-0.15, -0.1) is 0 Å². The molecule has 0 unspecified atom stereocenters. The molecule has 2 N–H and O–H groups in total. The SMILES string of the molecule is Cc1ccccc1S(=O)(=O)N[C@H]1[C@H]2CC[C@H](C2)[C@@H]1C=CCCCC(=O)O. The fourth-order valence-corrected chi connectivity index (χ4v) is 6.10. The number of rotatable bonds is 8. The Morgan fingerprint density at radius 3 is 2.73 bits per heavy atom. The zero-order chi connectivity index (χ0) is 18.7. The van der Waals surface area contributed by atoms with Gasteiger partial charge in [-0.25, -0.2) is 13.1 Å². The smallest absolute Gasteiger partial charge is 0.303 e. The molecule has 2 aliphatic rings. The summed E-state index contributed by atoms with van der Waals surface area (Å²) in [6.07, 6.45) is 8.96. The van der Waals surface area contributed by atoms with Crippen LogP contribution in [0, 0.1) is 24.7 Å². The quantitative estimate of drug-likeness (QED) is 0.536. The van der Waals surface area contributed by atoms with Gasteiger partial charge in [0.05, 0.1) is 4.90 Å². The molecule has 3 rings (SSSR count). The Kier molecular flexibility index (Phi) is 5.82. The summed E-state index contributed by atoms with van der Waals surface area (Å²) in [5.41, 5.74) is 0.754. The van der Waals surface area contributed by atoms with E-state index in [0.717, 1.165) is 31.2 Å². The standard InChI is InChI=1S/C20H27NO4S/c1-14-7-5-6-9-18(14)26(24,25)21-20-16-12-11-15(13-16)17(20)8-3-2-4-10-19(22)23/h3,5-9,15-17,20-21H,2,4,10-13H2,1H3,(H,22,23)/t15-,16+,17+,20+/m1/s1. The number of carboxylic acid groups (broad SMARTS) is 1. The van der Waals surface area contributed by atoms with Crippen molar-refractivity contribution in [3.05, 3.63) is 42.0 Å². The molecule has 6 heteroatoms. The van der Waals surface area contributed by atoms with Crippen LogP contribution >= 0.6 is 0 Å². The molecule has 0 spiro atoms. The maximum atomic E-state index is 12.9. The largest absolute Gasteiger partial charge is 0.481 e. The number of sulfonamides is 1. The third-order valence-electron chi connectivity index (χ3n) is 5.77. The topological polar surface area (TPSA) is 83.5 Å². The van der Waals surface area contributed by atoms with Crippen molar-refractivity contribution in [2.75, 3.05) is 0 Å². The lowest BCUT2D eigenvalue weighted by Crippen LogP contribution is -2.43. The highest BCUT2D eigenvalue weighted by molar-refractivity contribution is 7.89. The Morgan fingerprint density at radius 2 is 2.00 bits per heavy atom. The van der Waals surface area contributed by atoms with Crippen molar-refractivity contribution in [1.82, 2.24) is 4.72 Å². The third-order valence-corrected chi connectivity index (χ3v) is 7.39. The van der Waals surface area contributed by atoms with Crippen LogP contribution in [-0.4, -0.2) is 25.5 Å². The minimum absolute atomic E-state index is 0.0610. The highest BCUT2D eigenvalue weighted by Crippen LogP contribution is 2.49. The van der Waals surface area contributed by atoms with Gasteiger partial charge in [0.2, 0.25) is 10.0 Å². The van der Waals surface area contributed by atoms with Gasteiger partial charge in [-0.2, -0.15) is 0 Å². The normalized spacial score (nSPS) is 28.0. The van der Waals surface area contributed by atoms with Gasteiger partial charge in [-0.3, -0.25) is 4.79 Å². The number of nitrogens with one attached hydrogen (secondary N) is 1. The number of benzene rings is 1. The van der Waals surface area contributed by atoms with Crippen molar-refractivity contribution in [2.45, 2.75) is 56.4 Å². The predicted molar refractivity (Wildman–Crippen MR) is 100 cm³/mol. The summed E-state index contributed by atoms with van der Waals surface area (Å²) in [5, 5.41) is 8.71. The third kappa shape index (κ3) is 4.18. The molecule has 0 aliphatic heterocycles. The van der Waals surface area contributed by atoms with E-state index in [1.54, 1.807) is 12.1 Å². The molecule has 26 heavy (non-hydrogen) atoms. The van der Waals surface area contributed by atoms with Crippen LogP contribution in [0.1, 0.15) is 44.1 Å². The van der Waals surface area contributed by atoms with Crippen LogP contribution in [0.25, 0.3) is 0 Å². The van der Waals surface area contributed by atoms with E-state index in [1.165, 1.54) is 0 Å². The first-order valence-corrected chi connectivity index (χ1v) is 10.8. The summed E-state index contributed by atoms with van der Waals surface area (Å²) in [4.78, 5) is 10.9. The average Bonchev–Trinajstić information content (AvgIpc) is 3.16. The fourth-order valence-electron chi connectivity index (χ4n) is 4.51. The summed E-state index contributed by atoms with van der Waals surface area (Å²) < 4.78 is 28.7. The lowest BCUT2D eigenvalue weighted by molar-refractivity contribution is -0.137. The van der Waals surface area contributed by atoms with Crippen LogP contribution in [0.15, 0.2) is 41.3 Å². The number of aryl methyl sites for hydroxylation is 1. The Hall–Kier alpha value is -1.66. The lowest BCUT2D eigenvalue weighted by Gasteiger charge is -2.30. The zero-order valence-corrected chi connectivity index (χ0v) is 15.9. The number of unbranched alkanes of at least 4 members (excludes halogenated alkanes) is 1. The van der Waals surface area contributed by atoms with Crippen molar-refractivity contribution in [3.63, 3.8) is 0 Å². The molecule has 1 aromatic carbocycles. The number of allylic oxidation sites excluding steroid dienone is 1. The molecular formula is C20H27NO4S. The molecule has 0 heterocycles. The number of hydrogen-bond donors (Lipinski definition) is 2. The van der Waals surface area contributed by atoms with Crippen molar-refractivity contribution in [1.29, 1.82) is 0 Å². The number of carbonyl (C=O) groups is 1. The Labute approximate surface area is 155 Å². The molecule has 2 saturated carbocycles. The molecule has 0 amide bonds. The van der Waals surface area contributed by atoms with Crippen LogP contribution in [0.2, 0.25) is 0 Å². The van der Waals surface area contributed by atoms with Crippen LogP contribution < -0.4 is 4.72 Å². The summed E-state index contributed by atoms with van der Waals surface area (Å²) in [5.74, 6) is 0.354. The van der Waals surface area contributed by atoms with Crippen molar-refractivity contribution >= 4 is 16.0 Å². The van der Waals surface area contributed by atoms with Crippen molar-refractivity contribution in [3.8, 4) is 0 Å². The summed E-state index contributed by atoms with van der Waals surface area (Å²) in [6.45, 7) is 1.81. The molecule has 5 nitrogen and oxygen atoms in total. The molecular weight excluding hydrogens is 350 g/mol. The second kappa shape index (κ2) is 7.92. The first-order valence-electron chi connectivity index (χ1n) is 9.35. The summed E-state index contributed by atoms with van der Waals surface area (Å²) in [6, 6.07) is 7.00. The molecule has 2 bridgehead atoms. The minimum atomic E-state index is -3.54. The molecule has 142 valence electrons. The zero-order valence-electron chi connectivity index (χ0n) is 15.1. The number of aliphatic carboxylic acids is 1. The van der Waals surface area contributed by atoms with Gasteiger partial charge in [0.1, 0.15) is 0 Å². The van der Waals surface area contributed by atoms with Crippen LogP contribution in [-0.2, 0) is 14.8 Å². The van der Waals surface area contributed by atoms with E-state index >= 15 is 0 Å². The summed E-state index contributed by atoms with van der Waals surface area (Å²) in [7, 11) is -3.54. The first-order chi connectivity index (χ1) is 12.4. The Morgan fingerprint density at radius 1 is 1.27 bits per heavy atom. The highest BCUT2D eigenvalue weighted by Gasteiger charge is 2.47. The van der Waals surface area contributed by atoms with Crippen molar-refractivity contribution < 1.29 is 18.3 Å². The van der Waals surface area contributed by atoms with Gasteiger partial charge >= 0.3 is 5.97 Å².